The predicted octanol–water partition coefficient (Wildman–Crippen LogP) is 3.23. The molecule has 3 saturated heterocycles. The number of imide groups is 1. The van der Waals surface area contributed by atoms with Crippen molar-refractivity contribution < 1.29 is 32.3 Å². The Bertz CT molecular complexity index is 2470. The van der Waals surface area contributed by atoms with Gasteiger partial charge in [-0.2, -0.15) is 0 Å². The average molecular weight is 864 g/mol. The molecule has 4 aliphatic rings. The molecule has 17 heteroatoms. The average Bonchev–Trinajstić information content (AvgIpc) is 3.62. The monoisotopic (exact) mass is 863 g/mol. The van der Waals surface area contributed by atoms with Gasteiger partial charge in [-0.15, -0.1) is 0 Å². The number of carbonyl (C=O) groups excluding carboxylic acids is 4. The van der Waals surface area contributed by atoms with E-state index in [1.54, 1.807) is 51.3 Å². The van der Waals surface area contributed by atoms with Gasteiger partial charge in [0.05, 0.1) is 23.8 Å². The Kier molecular flexibility index (Phi) is 12.5. The van der Waals surface area contributed by atoms with Gasteiger partial charge in [0.15, 0.2) is 9.84 Å². The lowest BCUT2D eigenvalue weighted by Crippen LogP contribution is -2.55. The molecule has 62 heavy (non-hydrogen) atoms. The summed E-state index contributed by atoms with van der Waals surface area (Å²) in [7, 11) is -1.81. The van der Waals surface area contributed by atoms with Crippen molar-refractivity contribution in [2.24, 2.45) is 0 Å². The molecule has 326 valence electrons. The van der Waals surface area contributed by atoms with Gasteiger partial charge in [0.1, 0.15) is 29.8 Å². The van der Waals surface area contributed by atoms with Crippen LogP contribution in [0.15, 0.2) is 71.9 Å². The second kappa shape index (κ2) is 18.2. The Balaban J connectivity index is 0.809. The van der Waals surface area contributed by atoms with Crippen molar-refractivity contribution in [3.8, 4) is 5.75 Å². The maximum atomic E-state index is 13.4. The number of ether oxygens (including phenoxy) is 1. The molecular weight excluding hydrogens is 811 g/mol. The van der Waals surface area contributed by atoms with Crippen LogP contribution >= 0.6 is 0 Å². The minimum Gasteiger partial charge on any atom is -0.496 e. The van der Waals surface area contributed by atoms with Crippen LogP contribution < -0.4 is 20.3 Å². The lowest BCUT2D eigenvalue weighted by atomic mass is 10.0. The zero-order chi connectivity index (χ0) is 43.5. The van der Waals surface area contributed by atoms with Crippen molar-refractivity contribution >= 4 is 44.8 Å². The molecule has 0 saturated carbocycles. The van der Waals surface area contributed by atoms with Gasteiger partial charge in [-0.3, -0.25) is 29.4 Å². The van der Waals surface area contributed by atoms with E-state index in [2.05, 4.69) is 48.6 Å². The van der Waals surface area contributed by atoms with E-state index < -0.39 is 27.0 Å². The Labute approximate surface area is 362 Å². The molecule has 5 heterocycles. The fourth-order valence-electron chi connectivity index (χ4n) is 9.00. The molecule has 1 aromatic heterocycles. The molecule has 0 aliphatic carbocycles. The first kappa shape index (κ1) is 42.7. The molecule has 0 bridgehead atoms. The molecule has 3 aromatic carbocycles. The third-order valence-corrected chi connectivity index (χ3v) is 14.8. The third-order valence-electron chi connectivity index (χ3n) is 12.6. The van der Waals surface area contributed by atoms with E-state index in [1.165, 1.54) is 11.2 Å². The predicted molar refractivity (Wildman–Crippen MR) is 232 cm³/mol. The van der Waals surface area contributed by atoms with Crippen LogP contribution in [0.1, 0.15) is 78.2 Å². The highest BCUT2D eigenvalue weighted by molar-refractivity contribution is 7.92. The Morgan fingerprint density at radius 3 is 2.32 bits per heavy atom. The van der Waals surface area contributed by atoms with Crippen LogP contribution in [-0.4, -0.2) is 132 Å². The quantitative estimate of drug-likeness (QED) is 0.187. The minimum atomic E-state index is -3.47. The van der Waals surface area contributed by atoms with Gasteiger partial charge in [-0.05, 0) is 62.9 Å². The number of rotatable bonds is 13. The Morgan fingerprint density at radius 1 is 0.887 bits per heavy atom. The van der Waals surface area contributed by atoms with E-state index in [0.29, 0.717) is 65.3 Å². The van der Waals surface area contributed by atoms with Gasteiger partial charge in [-0.1, -0.05) is 30.3 Å². The third kappa shape index (κ3) is 9.00. The number of methoxy groups -OCH3 is 1. The Hall–Kier alpha value is -5.94. The number of aromatic nitrogens is 3. The van der Waals surface area contributed by atoms with Crippen molar-refractivity contribution in [1.82, 2.24) is 35.0 Å². The van der Waals surface area contributed by atoms with E-state index in [9.17, 15) is 27.6 Å². The number of nitrogens with one attached hydrogen (secondary N) is 2. The maximum Gasteiger partial charge on any atom is 0.255 e. The Morgan fingerprint density at radius 2 is 1.61 bits per heavy atom. The standard InChI is InChI=1S/C45H53N9O7S/c1-29(2)62(59,60)39-10-5-4-7-31(39)24-41-48-28-47-40(49-41)23-30-11-12-33(25-38(30)61-3)51-17-15-32(16-18-51)52-19-21-53(22-20-52)43(56)26-46-36-9-6-8-34-35(36)27-54(45(34)58)37-13-14-42(55)50-44(37)57/h4-12,25,28-29,32,37,46H,13-24,26-27H2,1-3H3,(H,50,55,57). The van der Waals surface area contributed by atoms with Gasteiger partial charge >= 0.3 is 0 Å². The number of hydrogen-bond acceptors (Lipinski definition) is 13. The van der Waals surface area contributed by atoms with Crippen molar-refractivity contribution in [2.75, 3.05) is 63.1 Å². The first-order valence-corrected chi connectivity index (χ1v) is 22.9. The topological polar surface area (TPSA) is 187 Å². The van der Waals surface area contributed by atoms with Gasteiger partial charge in [0.25, 0.3) is 5.91 Å². The summed E-state index contributed by atoms with van der Waals surface area (Å²) < 4.78 is 31.9. The van der Waals surface area contributed by atoms with Crippen LogP contribution in [0.5, 0.6) is 5.75 Å². The summed E-state index contributed by atoms with van der Waals surface area (Å²) in [5.41, 5.74) is 4.64. The fraction of sp³-hybridized carbons (Fsp3) is 0.444. The van der Waals surface area contributed by atoms with Gasteiger partial charge < -0.3 is 24.8 Å². The second-order valence-corrected chi connectivity index (χ2v) is 19.1. The van der Waals surface area contributed by atoms with Crippen molar-refractivity contribution in [2.45, 2.75) is 81.1 Å². The zero-order valence-corrected chi connectivity index (χ0v) is 36.2. The number of anilines is 2. The molecule has 3 fully saturated rings. The van der Waals surface area contributed by atoms with Gasteiger partial charge in [0, 0.05) is 105 Å². The summed E-state index contributed by atoms with van der Waals surface area (Å²) in [6.45, 7) is 8.38. The molecule has 8 rings (SSSR count). The molecule has 4 aromatic rings. The van der Waals surface area contributed by atoms with E-state index >= 15 is 0 Å². The largest absolute Gasteiger partial charge is 0.496 e. The molecule has 2 N–H and O–H groups in total. The first-order valence-electron chi connectivity index (χ1n) is 21.3. The highest BCUT2D eigenvalue weighted by Gasteiger charge is 2.40. The lowest BCUT2D eigenvalue weighted by Gasteiger charge is -2.43. The summed E-state index contributed by atoms with van der Waals surface area (Å²) in [4.78, 5) is 72.8. The van der Waals surface area contributed by atoms with Crippen LogP contribution in [-0.2, 0) is 43.6 Å². The zero-order valence-electron chi connectivity index (χ0n) is 35.4. The molecule has 4 aliphatic heterocycles. The minimum absolute atomic E-state index is 0.00254. The SMILES string of the molecule is COc1cc(N2CCC(N3CCN(C(=O)CNc4cccc5c4CN(C4CCC(=O)NC4=O)C5=O)CC3)CC2)ccc1Cc1ncnc(Cc2ccccc2S(=O)(=O)C(C)C)n1. The summed E-state index contributed by atoms with van der Waals surface area (Å²) in [5.74, 6) is 0.792. The van der Waals surface area contributed by atoms with Crippen LogP contribution in [0, 0.1) is 0 Å². The highest BCUT2D eigenvalue weighted by atomic mass is 32.2. The molecule has 1 unspecified atom stereocenters. The number of piperazine rings is 1. The van der Waals surface area contributed by atoms with E-state index in [4.69, 9.17) is 9.72 Å². The lowest BCUT2D eigenvalue weighted by molar-refractivity contribution is -0.137. The van der Waals surface area contributed by atoms with Crippen LogP contribution in [0.4, 0.5) is 11.4 Å². The molecule has 0 spiro atoms. The highest BCUT2D eigenvalue weighted by Crippen LogP contribution is 2.33. The van der Waals surface area contributed by atoms with Crippen molar-refractivity contribution in [3.05, 3.63) is 101 Å². The summed E-state index contributed by atoms with van der Waals surface area (Å²) in [5, 5.41) is 5.06. The van der Waals surface area contributed by atoms with Gasteiger partial charge in [-0.25, -0.2) is 23.4 Å². The molecular formula is C45H53N9O7S. The number of amides is 4. The second-order valence-electron chi connectivity index (χ2n) is 16.6. The molecule has 1 atom stereocenters. The number of nitrogens with zero attached hydrogens (tertiary/aromatic N) is 7. The first-order chi connectivity index (χ1) is 29.9. The van der Waals surface area contributed by atoms with E-state index in [1.807, 2.05) is 17.0 Å². The van der Waals surface area contributed by atoms with E-state index in [-0.39, 0.29) is 43.7 Å². The van der Waals surface area contributed by atoms with Crippen LogP contribution in [0.25, 0.3) is 0 Å². The number of fused-ring (bicyclic) bond motifs is 1. The molecule has 16 nitrogen and oxygen atoms in total. The number of piperidine rings is 2. The van der Waals surface area contributed by atoms with E-state index in [0.717, 1.165) is 61.6 Å². The molecule has 0 radical (unpaired) electrons. The summed E-state index contributed by atoms with van der Waals surface area (Å²) in [6.07, 6.45) is 4.67. The number of hydrogen-bond donors (Lipinski definition) is 2. The van der Waals surface area contributed by atoms with Gasteiger partial charge in [0.2, 0.25) is 17.7 Å². The molecule has 4 amide bonds. The maximum absolute atomic E-state index is 13.4. The van der Waals surface area contributed by atoms with Crippen molar-refractivity contribution in [1.29, 1.82) is 0 Å². The fourth-order valence-corrected chi connectivity index (χ4v) is 10.3. The summed E-state index contributed by atoms with van der Waals surface area (Å²) >= 11 is 0. The number of sulfone groups is 1. The number of benzene rings is 3. The smallest absolute Gasteiger partial charge is 0.255 e. The van der Waals surface area contributed by atoms with Crippen LogP contribution in [0.2, 0.25) is 0 Å². The summed E-state index contributed by atoms with van der Waals surface area (Å²) in [6, 6.07) is 18.3. The van der Waals surface area contributed by atoms with Crippen LogP contribution in [0.3, 0.4) is 0 Å². The normalized spacial score (nSPS) is 18.9. The number of carbonyl (C=O) groups is 4. The van der Waals surface area contributed by atoms with Crippen molar-refractivity contribution in [3.63, 3.8) is 0 Å².